The van der Waals surface area contributed by atoms with E-state index < -0.39 is 5.56 Å². The van der Waals surface area contributed by atoms with E-state index in [1.165, 1.54) is 4.57 Å². The summed E-state index contributed by atoms with van der Waals surface area (Å²) in [5, 5.41) is 0. The molecule has 0 atom stereocenters. The van der Waals surface area contributed by atoms with E-state index in [0.717, 1.165) is 16.9 Å². The Bertz CT molecular complexity index is 1300. The molecule has 2 aromatic heterocycles. The van der Waals surface area contributed by atoms with Crippen LogP contribution in [-0.2, 0) is 13.1 Å². The second-order valence-corrected chi connectivity index (χ2v) is 6.82. The summed E-state index contributed by atoms with van der Waals surface area (Å²) in [5.74, 6) is 0.717. The lowest BCUT2D eigenvalue weighted by Gasteiger charge is -2.12. The Morgan fingerprint density at radius 1 is 0.933 bits per heavy atom. The molecule has 2 heterocycles. The Kier molecular flexibility index (Phi) is 5.57. The Hall–Kier alpha value is -3.93. The number of rotatable bonds is 6. The van der Waals surface area contributed by atoms with Gasteiger partial charge in [0.15, 0.2) is 5.52 Å². The first kappa shape index (κ1) is 19.4. The molecular weight excluding hydrogens is 378 g/mol. The van der Waals surface area contributed by atoms with Crippen LogP contribution >= 0.6 is 0 Å². The van der Waals surface area contributed by atoms with Gasteiger partial charge in [0.2, 0.25) is 0 Å². The van der Waals surface area contributed by atoms with Crippen LogP contribution < -0.4 is 16.0 Å². The number of hydrogen-bond acceptors (Lipinski definition) is 4. The van der Waals surface area contributed by atoms with E-state index in [0.29, 0.717) is 12.1 Å². The number of allylic oxidation sites excluding steroid dienone is 1. The predicted octanol–water partition coefficient (Wildman–Crippen LogP) is 3.33. The fourth-order valence-corrected chi connectivity index (χ4v) is 3.33. The number of hydrogen-bond donors (Lipinski definition) is 0. The first-order valence-electron chi connectivity index (χ1n) is 9.60. The van der Waals surface area contributed by atoms with Crippen molar-refractivity contribution >= 4 is 17.1 Å². The van der Waals surface area contributed by atoms with Gasteiger partial charge in [-0.1, -0.05) is 54.6 Å². The third-order valence-electron chi connectivity index (χ3n) is 4.88. The molecule has 2 aromatic carbocycles. The van der Waals surface area contributed by atoms with Gasteiger partial charge < -0.3 is 4.74 Å². The van der Waals surface area contributed by atoms with E-state index in [1.807, 2.05) is 54.6 Å². The van der Waals surface area contributed by atoms with E-state index >= 15 is 0 Å². The maximum absolute atomic E-state index is 13.2. The highest BCUT2D eigenvalue weighted by molar-refractivity contribution is 5.73. The molecule has 30 heavy (non-hydrogen) atoms. The minimum absolute atomic E-state index is 0.163. The van der Waals surface area contributed by atoms with Crippen LogP contribution in [-0.4, -0.2) is 21.2 Å². The lowest BCUT2D eigenvalue weighted by atomic mass is 10.2. The lowest BCUT2D eigenvalue weighted by Crippen LogP contribution is -2.40. The maximum atomic E-state index is 13.2. The zero-order valence-electron chi connectivity index (χ0n) is 16.6. The van der Waals surface area contributed by atoms with Crippen LogP contribution in [0.1, 0.15) is 11.1 Å². The fraction of sp³-hybridized carbons (Fsp3) is 0.125. The zero-order valence-corrected chi connectivity index (χ0v) is 16.6. The van der Waals surface area contributed by atoms with Gasteiger partial charge in [0.25, 0.3) is 5.56 Å². The summed E-state index contributed by atoms with van der Waals surface area (Å²) in [5.41, 5.74) is 1.91. The van der Waals surface area contributed by atoms with Crippen molar-refractivity contribution in [1.29, 1.82) is 0 Å². The third kappa shape index (κ3) is 3.93. The average molecular weight is 399 g/mol. The van der Waals surface area contributed by atoms with Gasteiger partial charge >= 0.3 is 5.69 Å². The number of pyridine rings is 1. The van der Waals surface area contributed by atoms with Gasteiger partial charge in [-0.2, -0.15) is 0 Å². The molecule has 0 radical (unpaired) electrons. The number of nitrogens with zero attached hydrogens (tertiary/aromatic N) is 3. The van der Waals surface area contributed by atoms with Crippen LogP contribution in [0.3, 0.4) is 0 Å². The molecule has 0 N–H and O–H groups in total. The molecule has 0 fully saturated rings. The Morgan fingerprint density at radius 3 is 2.43 bits per heavy atom. The second kappa shape index (κ2) is 8.61. The highest BCUT2D eigenvalue weighted by Crippen LogP contribution is 2.12. The van der Waals surface area contributed by atoms with Crippen molar-refractivity contribution in [2.24, 2.45) is 0 Å². The molecule has 0 amide bonds. The molecule has 6 heteroatoms. The van der Waals surface area contributed by atoms with Crippen molar-refractivity contribution in [2.45, 2.75) is 13.1 Å². The molecule has 0 aliphatic carbocycles. The van der Waals surface area contributed by atoms with Crippen LogP contribution in [0.25, 0.3) is 17.1 Å². The summed E-state index contributed by atoms with van der Waals surface area (Å²) >= 11 is 0. The number of ether oxygens (including phenoxy) is 1. The monoisotopic (exact) mass is 399 g/mol. The Labute approximate surface area is 173 Å². The van der Waals surface area contributed by atoms with Crippen LogP contribution in [0, 0.1) is 0 Å². The van der Waals surface area contributed by atoms with E-state index in [2.05, 4.69) is 4.98 Å². The predicted molar refractivity (Wildman–Crippen MR) is 118 cm³/mol. The molecule has 0 aliphatic rings. The topological polar surface area (TPSA) is 66.1 Å². The molecule has 0 bridgehead atoms. The van der Waals surface area contributed by atoms with Crippen LogP contribution in [0.15, 0.2) is 88.6 Å². The average Bonchev–Trinajstić information content (AvgIpc) is 2.80. The van der Waals surface area contributed by atoms with Crippen molar-refractivity contribution in [1.82, 2.24) is 14.1 Å². The van der Waals surface area contributed by atoms with Crippen molar-refractivity contribution in [3.63, 3.8) is 0 Å². The quantitative estimate of drug-likeness (QED) is 0.499. The smallest absolute Gasteiger partial charge is 0.332 e. The van der Waals surface area contributed by atoms with Gasteiger partial charge in [-0.25, -0.2) is 9.78 Å². The molecule has 0 spiro atoms. The van der Waals surface area contributed by atoms with E-state index in [4.69, 9.17) is 4.74 Å². The van der Waals surface area contributed by atoms with Gasteiger partial charge in [-0.15, -0.1) is 0 Å². The maximum Gasteiger partial charge on any atom is 0.332 e. The van der Waals surface area contributed by atoms with E-state index in [-0.39, 0.29) is 17.8 Å². The summed E-state index contributed by atoms with van der Waals surface area (Å²) in [7, 11) is 1.59. The first-order chi connectivity index (χ1) is 14.7. The second-order valence-electron chi connectivity index (χ2n) is 6.82. The molecule has 150 valence electrons. The summed E-state index contributed by atoms with van der Waals surface area (Å²) in [4.78, 5) is 30.4. The molecule has 4 aromatic rings. The van der Waals surface area contributed by atoms with Gasteiger partial charge in [0.1, 0.15) is 5.75 Å². The summed E-state index contributed by atoms with van der Waals surface area (Å²) in [6.45, 7) is 0.495. The van der Waals surface area contributed by atoms with E-state index in [9.17, 15) is 9.59 Å². The summed E-state index contributed by atoms with van der Waals surface area (Å²) < 4.78 is 7.98. The zero-order chi connectivity index (χ0) is 20.9. The Morgan fingerprint density at radius 2 is 1.70 bits per heavy atom. The van der Waals surface area contributed by atoms with Crippen LogP contribution in [0.5, 0.6) is 5.75 Å². The number of benzene rings is 2. The molecule has 0 saturated carbocycles. The van der Waals surface area contributed by atoms with Crippen molar-refractivity contribution in [3.8, 4) is 5.75 Å². The molecule has 0 unspecified atom stereocenters. The van der Waals surface area contributed by atoms with Crippen LogP contribution in [0.4, 0.5) is 0 Å². The highest BCUT2D eigenvalue weighted by Gasteiger charge is 2.13. The van der Waals surface area contributed by atoms with E-state index in [1.54, 1.807) is 42.1 Å². The van der Waals surface area contributed by atoms with Crippen molar-refractivity contribution in [2.75, 3.05) is 7.11 Å². The number of aromatic nitrogens is 3. The van der Waals surface area contributed by atoms with Crippen LogP contribution in [0.2, 0.25) is 0 Å². The fourth-order valence-electron chi connectivity index (χ4n) is 3.33. The third-order valence-corrected chi connectivity index (χ3v) is 4.88. The molecular formula is C24H21N3O3. The highest BCUT2D eigenvalue weighted by atomic mass is 16.5. The first-order valence-corrected chi connectivity index (χ1v) is 9.60. The minimum Gasteiger partial charge on any atom is -0.497 e. The SMILES string of the molecule is COc1ccc(Cn2c(=O)c3ncccc3n(C/C=C/c3ccccc3)c2=O)cc1. The molecule has 0 aliphatic heterocycles. The Balaban J connectivity index is 1.76. The summed E-state index contributed by atoms with van der Waals surface area (Å²) in [6.07, 6.45) is 5.43. The lowest BCUT2D eigenvalue weighted by molar-refractivity contribution is 0.414. The van der Waals surface area contributed by atoms with Gasteiger partial charge in [0.05, 0.1) is 19.2 Å². The molecule has 6 nitrogen and oxygen atoms in total. The number of methoxy groups -OCH3 is 1. The molecule has 0 saturated heterocycles. The van der Waals surface area contributed by atoms with Gasteiger partial charge in [0, 0.05) is 12.7 Å². The number of fused-ring (bicyclic) bond motifs is 1. The standard InChI is InChI=1S/C24H21N3O3/c1-30-20-13-11-19(12-14-20)17-27-23(28)22-21(10-5-15-25-22)26(24(27)29)16-6-9-18-7-3-2-4-8-18/h2-15H,16-17H2,1H3/b9-6+. The van der Waals surface area contributed by atoms with Crippen molar-refractivity contribution < 1.29 is 4.74 Å². The largest absolute Gasteiger partial charge is 0.497 e. The minimum atomic E-state index is -0.394. The van der Waals surface area contributed by atoms with Crippen molar-refractivity contribution in [3.05, 3.63) is 111 Å². The van der Waals surface area contributed by atoms with Gasteiger partial charge in [-0.05, 0) is 35.4 Å². The normalized spacial score (nSPS) is 11.2. The summed E-state index contributed by atoms with van der Waals surface area (Å²) in [6, 6.07) is 20.6. The molecule has 4 rings (SSSR count). The van der Waals surface area contributed by atoms with Gasteiger partial charge in [-0.3, -0.25) is 13.9 Å².